The van der Waals surface area contributed by atoms with Crippen molar-refractivity contribution in [1.29, 1.82) is 0 Å². The van der Waals surface area contributed by atoms with Crippen molar-refractivity contribution in [2.75, 3.05) is 26.7 Å². The minimum atomic E-state index is -0.883. The summed E-state index contributed by atoms with van der Waals surface area (Å²) in [5.41, 5.74) is 7.82. The molecule has 1 aliphatic heterocycles. The van der Waals surface area contributed by atoms with Crippen LogP contribution in [0.2, 0.25) is 5.02 Å². The predicted octanol–water partition coefficient (Wildman–Crippen LogP) is 5.24. The second kappa shape index (κ2) is 10.1. The molecule has 0 aromatic heterocycles. The molecule has 3 aromatic carbocycles. The number of nitrogens with two attached hydrogens (primary N) is 1. The van der Waals surface area contributed by atoms with Crippen molar-refractivity contribution in [2.45, 2.75) is 24.7 Å². The molecule has 1 fully saturated rings. The normalized spacial score (nSPS) is 20.2. The number of Topliss-reactive ketones (excluding diaryl/α,β-unsaturated/α-hetero) is 1. The van der Waals surface area contributed by atoms with Crippen LogP contribution in [0, 0.1) is 5.92 Å². The lowest BCUT2D eigenvalue weighted by Gasteiger charge is -2.38. The van der Waals surface area contributed by atoms with Crippen LogP contribution in [0.5, 0.6) is 0 Å². The first-order valence-electron chi connectivity index (χ1n) is 11.9. The number of likely N-dealkylation sites (tertiary alicyclic amines) is 1. The fraction of sp³-hybridized carbons (Fsp3) is 0.310. The topological polar surface area (TPSA) is 60.2 Å². The molecule has 34 heavy (non-hydrogen) atoms. The molecule has 1 saturated heterocycles. The Morgan fingerprint density at radius 1 is 0.941 bits per heavy atom. The standard InChI is InChI=1S/C29H31ClN2O2/c1-32(19-10-17-27(33)25-15-8-9-16-26(25)30)20-18-24(21-32)29(28(31)34,22-11-4-2-5-12-22)23-13-6-3-7-14-23/h2-9,11-16,24H,10,17-21H2,1H3,(H-,31,34)/p+1/t24?,32-/m0/s1. The van der Waals surface area contributed by atoms with Gasteiger partial charge >= 0.3 is 0 Å². The van der Waals surface area contributed by atoms with Crippen LogP contribution in [-0.2, 0) is 10.2 Å². The molecule has 1 amide bonds. The molecule has 0 aliphatic carbocycles. The Morgan fingerprint density at radius 2 is 1.50 bits per heavy atom. The van der Waals surface area contributed by atoms with Gasteiger partial charge in [0, 0.05) is 30.7 Å². The fourth-order valence-electron chi connectivity index (χ4n) is 5.71. The number of rotatable bonds is 9. The average Bonchev–Trinajstić information content (AvgIpc) is 3.23. The molecular weight excluding hydrogens is 444 g/mol. The minimum Gasteiger partial charge on any atom is -0.369 e. The number of ketones is 1. The summed E-state index contributed by atoms with van der Waals surface area (Å²) >= 11 is 6.20. The van der Waals surface area contributed by atoms with E-state index in [-0.39, 0.29) is 17.6 Å². The summed E-state index contributed by atoms with van der Waals surface area (Å²) in [5, 5.41) is 0.506. The van der Waals surface area contributed by atoms with Crippen LogP contribution in [-0.4, -0.2) is 42.9 Å². The summed E-state index contributed by atoms with van der Waals surface area (Å²) in [6, 6.07) is 27.1. The molecule has 176 valence electrons. The average molecular weight is 476 g/mol. The van der Waals surface area contributed by atoms with Gasteiger partial charge in [-0.3, -0.25) is 9.59 Å². The fourth-order valence-corrected chi connectivity index (χ4v) is 5.95. The lowest BCUT2D eigenvalue weighted by Crippen LogP contribution is -2.51. The van der Waals surface area contributed by atoms with Crippen molar-refractivity contribution < 1.29 is 14.1 Å². The van der Waals surface area contributed by atoms with Crippen LogP contribution in [0.15, 0.2) is 84.9 Å². The molecule has 0 spiro atoms. The zero-order valence-electron chi connectivity index (χ0n) is 19.6. The molecule has 4 nitrogen and oxygen atoms in total. The Kier molecular flexibility index (Phi) is 7.20. The Hall–Kier alpha value is -2.95. The van der Waals surface area contributed by atoms with Gasteiger partial charge in [0.15, 0.2) is 5.78 Å². The van der Waals surface area contributed by atoms with E-state index in [4.69, 9.17) is 17.3 Å². The molecule has 0 bridgehead atoms. The molecule has 1 heterocycles. The summed E-state index contributed by atoms with van der Waals surface area (Å²) < 4.78 is 0.815. The Balaban J connectivity index is 1.55. The van der Waals surface area contributed by atoms with Gasteiger partial charge < -0.3 is 10.2 Å². The van der Waals surface area contributed by atoms with E-state index in [0.717, 1.165) is 48.1 Å². The van der Waals surface area contributed by atoms with Gasteiger partial charge in [-0.2, -0.15) is 0 Å². The van der Waals surface area contributed by atoms with Crippen molar-refractivity contribution in [2.24, 2.45) is 11.7 Å². The number of hydrogen-bond donors (Lipinski definition) is 1. The molecule has 2 N–H and O–H groups in total. The quantitative estimate of drug-likeness (QED) is 0.340. The number of amides is 1. The van der Waals surface area contributed by atoms with Crippen molar-refractivity contribution in [3.63, 3.8) is 0 Å². The third-order valence-corrected chi connectivity index (χ3v) is 7.74. The maximum Gasteiger partial charge on any atom is 0.233 e. The van der Waals surface area contributed by atoms with Gasteiger partial charge in [0.05, 0.1) is 31.7 Å². The summed E-state index contributed by atoms with van der Waals surface area (Å²) in [6.45, 7) is 2.64. The second-order valence-electron chi connectivity index (χ2n) is 9.65. The zero-order valence-corrected chi connectivity index (χ0v) is 20.4. The summed E-state index contributed by atoms with van der Waals surface area (Å²) in [5.74, 6) is -0.163. The second-order valence-corrected chi connectivity index (χ2v) is 10.1. The van der Waals surface area contributed by atoms with E-state index in [1.165, 1.54) is 0 Å². The summed E-state index contributed by atoms with van der Waals surface area (Å²) in [7, 11) is 2.22. The van der Waals surface area contributed by atoms with Crippen LogP contribution < -0.4 is 5.73 Å². The van der Waals surface area contributed by atoms with Crippen LogP contribution >= 0.6 is 11.6 Å². The van der Waals surface area contributed by atoms with Crippen LogP contribution in [0.4, 0.5) is 0 Å². The summed E-state index contributed by atoms with van der Waals surface area (Å²) in [6.07, 6.45) is 2.12. The first kappa shape index (κ1) is 24.2. The highest BCUT2D eigenvalue weighted by Crippen LogP contribution is 2.45. The van der Waals surface area contributed by atoms with Gasteiger partial charge in [0.25, 0.3) is 0 Å². The molecular formula is C29H32ClN2O2+. The van der Waals surface area contributed by atoms with Crippen LogP contribution in [0.25, 0.3) is 0 Å². The van der Waals surface area contributed by atoms with E-state index in [0.29, 0.717) is 17.0 Å². The predicted molar refractivity (Wildman–Crippen MR) is 137 cm³/mol. The molecule has 0 radical (unpaired) electrons. The van der Waals surface area contributed by atoms with Crippen LogP contribution in [0.3, 0.4) is 0 Å². The number of carbonyl (C=O) groups is 2. The summed E-state index contributed by atoms with van der Waals surface area (Å²) in [4.78, 5) is 25.9. The van der Waals surface area contributed by atoms with E-state index in [1.54, 1.807) is 12.1 Å². The number of carbonyl (C=O) groups excluding carboxylic acids is 2. The lowest BCUT2D eigenvalue weighted by atomic mass is 9.64. The van der Waals surface area contributed by atoms with E-state index in [1.807, 2.05) is 72.8 Å². The lowest BCUT2D eigenvalue weighted by molar-refractivity contribution is -0.899. The number of quaternary nitrogens is 1. The molecule has 2 atom stereocenters. The number of halogens is 1. The number of primary amides is 1. The Bertz CT molecular complexity index is 1110. The minimum absolute atomic E-state index is 0.0686. The largest absolute Gasteiger partial charge is 0.369 e. The van der Waals surface area contributed by atoms with E-state index < -0.39 is 5.41 Å². The Labute approximate surface area is 206 Å². The van der Waals surface area contributed by atoms with Gasteiger partial charge in [0.2, 0.25) is 5.91 Å². The third-order valence-electron chi connectivity index (χ3n) is 7.41. The van der Waals surface area contributed by atoms with Gasteiger partial charge in [-0.25, -0.2) is 0 Å². The van der Waals surface area contributed by atoms with Gasteiger partial charge in [0.1, 0.15) is 5.41 Å². The van der Waals surface area contributed by atoms with Crippen molar-refractivity contribution in [3.8, 4) is 0 Å². The molecule has 0 saturated carbocycles. The maximum absolute atomic E-state index is 13.3. The maximum atomic E-state index is 13.3. The molecule has 3 aromatic rings. The van der Waals surface area contributed by atoms with Crippen molar-refractivity contribution in [1.82, 2.24) is 0 Å². The molecule has 1 unspecified atom stereocenters. The zero-order chi connectivity index (χ0) is 24.2. The third kappa shape index (κ3) is 4.66. The first-order valence-corrected chi connectivity index (χ1v) is 12.3. The molecule has 4 rings (SSSR count). The van der Waals surface area contributed by atoms with Crippen LogP contribution in [0.1, 0.15) is 40.7 Å². The monoisotopic (exact) mass is 475 g/mol. The highest BCUT2D eigenvalue weighted by molar-refractivity contribution is 6.33. The van der Waals surface area contributed by atoms with E-state index in [9.17, 15) is 9.59 Å². The number of hydrogen-bond acceptors (Lipinski definition) is 2. The smallest absolute Gasteiger partial charge is 0.233 e. The van der Waals surface area contributed by atoms with E-state index in [2.05, 4.69) is 7.05 Å². The molecule has 1 aliphatic rings. The van der Waals surface area contributed by atoms with Gasteiger partial charge in [-0.1, -0.05) is 84.4 Å². The van der Waals surface area contributed by atoms with E-state index >= 15 is 0 Å². The van der Waals surface area contributed by atoms with Gasteiger partial charge in [-0.15, -0.1) is 0 Å². The number of nitrogens with zero attached hydrogens (tertiary/aromatic N) is 1. The first-order chi connectivity index (χ1) is 16.4. The van der Waals surface area contributed by atoms with Crippen molar-refractivity contribution in [3.05, 3.63) is 107 Å². The SMILES string of the molecule is C[N@+]1(CCCC(=O)c2ccccc2Cl)CCC(C(C(N)=O)(c2ccccc2)c2ccccc2)C1. The van der Waals surface area contributed by atoms with Gasteiger partial charge in [-0.05, 0) is 23.3 Å². The Morgan fingerprint density at radius 3 is 2.06 bits per heavy atom. The molecule has 5 heteroatoms. The highest BCUT2D eigenvalue weighted by Gasteiger charge is 2.53. The van der Waals surface area contributed by atoms with Crippen molar-refractivity contribution >= 4 is 23.3 Å². The highest BCUT2D eigenvalue weighted by atomic mass is 35.5. The number of benzene rings is 3.